The number of hydrogen-bond acceptors (Lipinski definition) is 26. The number of hydrogen-bond donors (Lipinski definition) is 14. The van der Waals surface area contributed by atoms with Crippen molar-refractivity contribution < 1.29 is 25.6 Å². The molecule has 23 N–H and O–H groups in total. The number of pyridine rings is 6. The van der Waals surface area contributed by atoms with E-state index in [-0.39, 0.29) is 29.2 Å². The summed E-state index contributed by atoms with van der Waals surface area (Å²) in [6, 6.07) is 90.4. The van der Waals surface area contributed by atoms with Gasteiger partial charge in [0.05, 0.1) is 80.3 Å². The number of nitrogens with two attached hydrogens (primary N) is 9. The van der Waals surface area contributed by atoms with E-state index in [1.54, 1.807) is 110 Å². The Balaban J connectivity index is 0.000000121. The van der Waals surface area contributed by atoms with Gasteiger partial charge in [0, 0.05) is 125 Å². The predicted octanol–water partition coefficient (Wildman–Crippen LogP) is 14.5. The lowest BCUT2D eigenvalue weighted by Gasteiger charge is -2.09. The summed E-state index contributed by atoms with van der Waals surface area (Å²) in [7, 11) is 0. The average molecular weight is 1760 g/mol. The van der Waals surface area contributed by atoms with Crippen molar-refractivity contribution in [2.45, 2.75) is 13.3 Å². The second kappa shape index (κ2) is 39.5. The molecule has 656 valence electrons. The van der Waals surface area contributed by atoms with Gasteiger partial charge in [-0.25, -0.2) is 43.6 Å². The number of oxime groups is 4. The third kappa shape index (κ3) is 19.8. The molecule has 35 heteroatoms. The molecule has 1 amide bonds. The van der Waals surface area contributed by atoms with E-state index < -0.39 is 0 Å². The van der Waals surface area contributed by atoms with Crippen LogP contribution in [-0.2, 0) is 0 Å². The fourth-order valence-corrected chi connectivity index (χ4v) is 14.5. The standard InChI is InChI=1S/C21H20N6O.C21H17N5O.2C19H16N6O.C18H15N7O/c1-2-11-23-21(28)14-7-9-15(10-8-14)27-13-19(25-26-27)17-12-20(22)24-18-6-4-3-5-16(17)18;22-20-11-17(16-3-1-2-4-19(16)25-20)15-9-10-18(24-12-15)13-5-7-14(8-6-13)21(23)26-27;20-18-9-17(15-3-1-2-4-16(15)23-18)25-11-14(10-22-25)12-5-7-13(8-6-12)19(21)24-26;20-18-11-17(14-3-1-2-4-16(14)22-18)25-10-9-15(23-25)12-5-7-13(8-6-12)19(21)24-26;19-17-9-14(13-3-1-2-4-15(13)21-17)16-10-25(24-22-16)12-7-5-11(6-8-12)18(20)23-26/h3-10,12-13H,2,11H2,1H3,(H2,22,24)(H,23,28);1-12,27H,(H2,22,25)(H2,23,26);1-11,26H,(H2,20,23)(H2,21,24);1-11,26H,(H2,20,22)(H2,21,24);1-10,26H,(H2,19,21)(H2,20,23). The third-order valence-electron chi connectivity index (χ3n) is 21.2. The van der Waals surface area contributed by atoms with Crippen molar-refractivity contribution >= 4 is 113 Å². The molecule has 35 nitrogen and oxygen atoms in total. The van der Waals surface area contributed by atoms with Gasteiger partial charge < -0.3 is 77.7 Å². The van der Waals surface area contributed by atoms with Crippen molar-refractivity contribution in [1.29, 1.82) is 0 Å². The zero-order valence-electron chi connectivity index (χ0n) is 70.9. The molecular formula is C98H84N30O5. The Hall–Kier alpha value is -19.3. The zero-order valence-corrected chi connectivity index (χ0v) is 70.9. The minimum Gasteiger partial charge on any atom is -0.409 e. The first-order chi connectivity index (χ1) is 64.8. The summed E-state index contributed by atoms with van der Waals surface area (Å²) in [5.41, 5.74) is 73.2. The van der Waals surface area contributed by atoms with Crippen LogP contribution in [0.4, 0.5) is 29.1 Å². The molecule has 10 aromatic heterocycles. The molecule has 0 spiro atoms. The van der Waals surface area contributed by atoms with Gasteiger partial charge >= 0.3 is 0 Å². The summed E-state index contributed by atoms with van der Waals surface area (Å²) in [6.07, 6.45) is 12.0. The number of nitrogens with one attached hydrogen (secondary N) is 1. The Kier molecular flexibility index (Phi) is 25.9. The van der Waals surface area contributed by atoms with E-state index in [0.717, 1.165) is 140 Å². The van der Waals surface area contributed by atoms with Gasteiger partial charge in [0.2, 0.25) is 0 Å². The third-order valence-corrected chi connectivity index (χ3v) is 21.2. The van der Waals surface area contributed by atoms with Crippen molar-refractivity contribution in [2.24, 2.45) is 43.6 Å². The Bertz CT molecular complexity index is 7300. The summed E-state index contributed by atoms with van der Waals surface area (Å²) >= 11 is 0. The molecule has 0 atom stereocenters. The molecule has 0 aliphatic rings. The van der Waals surface area contributed by atoms with E-state index in [4.69, 9.17) is 72.4 Å². The zero-order chi connectivity index (χ0) is 92.6. The van der Waals surface area contributed by atoms with Crippen molar-refractivity contribution in [1.82, 2.24) is 84.8 Å². The monoisotopic (exact) mass is 1760 g/mol. The number of aromatic nitrogens is 16. The molecule has 0 saturated heterocycles. The molecule has 133 heavy (non-hydrogen) atoms. The molecule has 20 rings (SSSR count). The number of rotatable bonds is 17. The van der Waals surface area contributed by atoms with Gasteiger partial charge in [-0.05, 0) is 127 Å². The minimum absolute atomic E-state index is 0.0505. The Labute approximate surface area is 757 Å². The molecule has 0 aliphatic heterocycles. The quantitative estimate of drug-likeness (QED) is 0.0174. The molecule has 20 aromatic rings. The van der Waals surface area contributed by atoms with Crippen molar-refractivity contribution in [3.8, 4) is 90.0 Å². The van der Waals surface area contributed by atoms with Crippen LogP contribution in [0.25, 0.3) is 145 Å². The smallest absolute Gasteiger partial charge is 0.251 e. The van der Waals surface area contributed by atoms with Crippen LogP contribution >= 0.6 is 0 Å². The SMILES string of the molecule is CCCNC(=O)c1ccc(-n2cc(-c3cc(N)nc4ccccc34)nn2)cc1.NC(=NO)c1ccc(-c2ccc(-c3cc(N)nc4ccccc34)cn2)cc1.NC(=NO)c1ccc(-c2ccn(-c3cc(N)nc4ccccc34)n2)cc1.NC(=NO)c1ccc(-c2cnn(-c3cc(N)nc4ccccc34)c2)cc1.NC(=NO)c1ccc(-n2cc(-c3cc(N)nc4ccccc34)nn2)cc1. The maximum absolute atomic E-state index is 12.0. The second-order valence-corrected chi connectivity index (χ2v) is 29.9. The summed E-state index contributed by atoms with van der Waals surface area (Å²) < 4.78 is 6.89. The van der Waals surface area contributed by atoms with E-state index in [1.165, 1.54) is 0 Å². The van der Waals surface area contributed by atoms with E-state index in [0.29, 0.717) is 74.8 Å². The lowest BCUT2D eigenvalue weighted by Crippen LogP contribution is -2.23. The fourth-order valence-electron chi connectivity index (χ4n) is 14.5. The van der Waals surface area contributed by atoms with Crippen LogP contribution in [-0.4, -0.2) is 136 Å². The van der Waals surface area contributed by atoms with Crippen LogP contribution in [0.2, 0.25) is 0 Å². The summed E-state index contributed by atoms with van der Waals surface area (Å²) in [5.74, 6) is 2.42. The number of amidine groups is 4. The number of benzene rings is 10. The van der Waals surface area contributed by atoms with Gasteiger partial charge in [-0.1, -0.05) is 208 Å². The topological polar surface area (TPSA) is 568 Å². The number of carbonyl (C=O) groups excluding carboxylic acids is 1. The van der Waals surface area contributed by atoms with Crippen LogP contribution in [0.5, 0.6) is 0 Å². The number of carbonyl (C=O) groups is 1. The largest absolute Gasteiger partial charge is 0.409 e. The lowest BCUT2D eigenvalue weighted by molar-refractivity contribution is 0.0953. The highest BCUT2D eigenvalue weighted by Gasteiger charge is 2.19. The average Bonchev–Trinajstić information content (AvgIpc) is 1.67. The summed E-state index contributed by atoms with van der Waals surface area (Å²) in [6.45, 7) is 2.68. The number of amides is 1. The van der Waals surface area contributed by atoms with Gasteiger partial charge in [0.15, 0.2) is 23.3 Å². The van der Waals surface area contributed by atoms with Gasteiger partial charge in [0.1, 0.15) is 40.5 Å². The molecule has 0 unspecified atom stereocenters. The van der Waals surface area contributed by atoms with E-state index in [2.05, 4.69) is 86.7 Å². The highest BCUT2D eigenvalue weighted by Crippen LogP contribution is 2.35. The second-order valence-electron chi connectivity index (χ2n) is 29.9. The van der Waals surface area contributed by atoms with E-state index in [9.17, 15) is 4.79 Å². The van der Waals surface area contributed by atoms with Gasteiger partial charge in [-0.2, -0.15) is 10.2 Å². The number of fused-ring (bicyclic) bond motifs is 5. The summed E-state index contributed by atoms with van der Waals surface area (Å²) in [5, 5.41) is 80.8. The van der Waals surface area contributed by atoms with Crippen molar-refractivity contribution in [2.75, 3.05) is 35.2 Å². The first-order valence-electron chi connectivity index (χ1n) is 41.2. The summed E-state index contributed by atoms with van der Waals surface area (Å²) in [4.78, 5) is 38.4. The number of nitrogen functional groups attached to an aromatic ring is 5. The molecule has 10 aromatic carbocycles. The first kappa shape index (κ1) is 87.1. The van der Waals surface area contributed by atoms with E-state index >= 15 is 0 Å². The first-order valence-corrected chi connectivity index (χ1v) is 41.2. The van der Waals surface area contributed by atoms with Crippen LogP contribution in [0.15, 0.2) is 349 Å². The maximum atomic E-state index is 12.0. The highest BCUT2D eigenvalue weighted by atomic mass is 16.4. The number of nitrogens with zero attached hydrogens (tertiary/aromatic N) is 20. The van der Waals surface area contributed by atoms with Crippen molar-refractivity contribution in [3.05, 3.63) is 356 Å². The van der Waals surface area contributed by atoms with Crippen LogP contribution in [0, 0.1) is 0 Å². The molecule has 0 saturated carbocycles. The molecule has 0 aliphatic carbocycles. The minimum atomic E-state index is -0.0774. The van der Waals surface area contributed by atoms with E-state index in [1.807, 2.05) is 244 Å². The fraction of sp³-hybridized carbons (Fsp3) is 0.0306. The predicted molar refractivity (Wildman–Crippen MR) is 518 cm³/mol. The molecule has 0 radical (unpaired) electrons. The Morgan fingerprint density at radius 3 is 1.11 bits per heavy atom. The maximum Gasteiger partial charge on any atom is 0.251 e. The van der Waals surface area contributed by atoms with Gasteiger partial charge in [-0.15, -0.1) is 10.2 Å². The molecule has 10 heterocycles. The van der Waals surface area contributed by atoms with Crippen LogP contribution < -0.4 is 56.9 Å². The van der Waals surface area contributed by atoms with Gasteiger partial charge in [0.25, 0.3) is 5.91 Å². The van der Waals surface area contributed by atoms with Crippen LogP contribution in [0.1, 0.15) is 46.0 Å². The number of anilines is 5. The van der Waals surface area contributed by atoms with Gasteiger partial charge in [-0.3, -0.25) is 9.78 Å². The molecule has 0 fully saturated rings. The number of para-hydroxylation sites is 5. The Morgan fingerprint density at radius 1 is 0.338 bits per heavy atom. The lowest BCUT2D eigenvalue weighted by atomic mass is 10.0. The molecule has 0 bridgehead atoms. The Morgan fingerprint density at radius 2 is 0.692 bits per heavy atom. The highest BCUT2D eigenvalue weighted by molar-refractivity contribution is 6.02. The molecular weight excluding hydrogens is 1680 g/mol. The van der Waals surface area contributed by atoms with Crippen LogP contribution in [0.3, 0.4) is 0 Å². The van der Waals surface area contributed by atoms with Crippen molar-refractivity contribution in [3.63, 3.8) is 0 Å². The normalized spacial score (nSPS) is 11.6.